The summed E-state index contributed by atoms with van der Waals surface area (Å²) in [4.78, 5) is 1.24. The smallest absolute Gasteiger partial charge is 0.0431 e. The Morgan fingerprint density at radius 3 is 2.50 bits per heavy atom. The maximum atomic E-state index is 8.63. The number of aliphatic hydroxyl groups excluding tert-OH is 1. The molecular formula is C14H24OS. The molecule has 1 nitrogen and oxygen atoms in total. The molecular weight excluding hydrogens is 216 g/mol. The van der Waals surface area contributed by atoms with Gasteiger partial charge in [0.15, 0.2) is 0 Å². The molecule has 0 unspecified atom stereocenters. The van der Waals surface area contributed by atoms with Crippen LogP contribution in [-0.2, 0) is 0 Å². The van der Waals surface area contributed by atoms with Gasteiger partial charge in [0.05, 0.1) is 0 Å². The molecule has 16 heavy (non-hydrogen) atoms. The first-order chi connectivity index (χ1) is 7.85. The molecule has 2 heteroatoms. The summed E-state index contributed by atoms with van der Waals surface area (Å²) < 4.78 is 0. The lowest BCUT2D eigenvalue weighted by Gasteiger charge is -2.02. The molecule has 0 aromatic carbocycles. The fraction of sp³-hybridized carbons (Fsp3) is 0.571. The first kappa shape index (κ1) is 15.5. The number of hydrogen-bond donors (Lipinski definition) is 1. The molecule has 0 fully saturated rings. The lowest BCUT2D eigenvalue weighted by Crippen LogP contribution is -1.85. The number of aliphatic hydroxyl groups is 1. The van der Waals surface area contributed by atoms with Gasteiger partial charge in [-0.3, -0.25) is 0 Å². The van der Waals surface area contributed by atoms with Crippen molar-refractivity contribution in [1.29, 1.82) is 0 Å². The quantitative estimate of drug-likeness (QED) is 0.453. The summed E-state index contributed by atoms with van der Waals surface area (Å²) in [6, 6.07) is 0. The van der Waals surface area contributed by atoms with Crippen LogP contribution in [0.4, 0.5) is 0 Å². The van der Waals surface area contributed by atoms with E-state index in [4.69, 9.17) is 5.11 Å². The maximum Gasteiger partial charge on any atom is 0.0431 e. The van der Waals surface area contributed by atoms with Crippen LogP contribution in [0.2, 0.25) is 0 Å². The first-order valence-electron chi connectivity index (χ1n) is 6.04. The molecule has 0 aromatic rings. The van der Waals surface area contributed by atoms with Gasteiger partial charge >= 0.3 is 0 Å². The van der Waals surface area contributed by atoms with Gasteiger partial charge in [-0.1, -0.05) is 44.1 Å². The number of unbranched alkanes of at least 4 members (excludes halogenated alkanes) is 4. The van der Waals surface area contributed by atoms with Crippen molar-refractivity contribution in [2.75, 3.05) is 12.4 Å². The SMILES string of the molecule is C=C/C(=C\C=C\C)SCCCCCCCO. The molecule has 0 aliphatic rings. The third kappa shape index (κ3) is 10.1. The van der Waals surface area contributed by atoms with Crippen LogP contribution in [0.5, 0.6) is 0 Å². The second kappa shape index (κ2) is 12.6. The first-order valence-corrected chi connectivity index (χ1v) is 7.02. The maximum absolute atomic E-state index is 8.63. The Hall–Kier alpha value is -0.470. The van der Waals surface area contributed by atoms with Crippen LogP contribution in [0.3, 0.4) is 0 Å². The van der Waals surface area contributed by atoms with E-state index in [1.165, 1.54) is 24.2 Å². The highest BCUT2D eigenvalue weighted by atomic mass is 32.2. The van der Waals surface area contributed by atoms with Crippen LogP contribution in [0, 0.1) is 0 Å². The van der Waals surface area contributed by atoms with Crippen LogP contribution < -0.4 is 0 Å². The highest BCUT2D eigenvalue weighted by Gasteiger charge is 1.93. The number of thioether (sulfide) groups is 1. The van der Waals surface area contributed by atoms with Gasteiger partial charge in [-0.15, -0.1) is 11.8 Å². The summed E-state index contributed by atoms with van der Waals surface area (Å²) in [7, 11) is 0. The average molecular weight is 240 g/mol. The van der Waals surface area contributed by atoms with E-state index in [1.54, 1.807) is 0 Å². The van der Waals surface area contributed by atoms with E-state index < -0.39 is 0 Å². The Balaban J connectivity index is 3.45. The summed E-state index contributed by atoms with van der Waals surface area (Å²) in [6.45, 7) is 6.15. The molecule has 0 aromatic heterocycles. The van der Waals surface area contributed by atoms with E-state index in [0.29, 0.717) is 6.61 Å². The number of allylic oxidation sites excluding steroid dienone is 4. The van der Waals surface area contributed by atoms with Gasteiger partial charge in [0, 0.05) is 11.5 Å². The summed E-state index contributed by atoms with van der Waals surface area (Å²) in [5.74, 6) is 1.16. The van der Waals surface area contributed by atoms with Crippen molar-refractivity contribution in [3.63, 3.8) is 0 Å². The van der Waals surface area contributed by atoms with Gasteiger partial charge in [0.1, 0.15) is 0 Å². The van der Waals surface area contributed by atoms with Gasteiger partial charge in [-0.05, 0) is 31.6 Å². The molecule has 0 rings (SSSR count). The van der Waals surface area contributed by atoms with E-state index in [-0.39, 0.29) is 0 Å². The van der Waals surface area contributed by atoms with E-state index in [1.807, 2.05) is 36.9 Å². The largest absolute Gasteiger partial charge is 0.396 e. The van der Waals surface area contributed by atoms with Crippen molar-refractivity contribution in [2.24, 2.45) is 0 Å². The van der Waals surface area contributed by atoms with Crippen LogP contribution in [0.1, 0.15) is 39.0 Å². The Morgan fingerprint density at radius 1 is 1.19 bits per heavy atom. The second-order valence-corrected chi connectivity index (χ2v) is 4.81. The van der Waals surface area contributed by atoms with Crippen molar-refractivity contribution >= 4 is 11.8 Å². The molecule has 0 saturated carbocycles. The fourth-order valence-corrected chi connectivity index (χ4v) is 2.18. The third-order valence-electron chi connectivity index (χ3n) is 2.23. The van der Waals surface area contributed by atoms with E-state index in [9.17, 15) is 0 Å². The van der Waals surface area contributed by atoms with Crippen molar-refractivity contribution in [1.82, 2.24) is 0 Å². The van der Waals surface area contributed by atoms with Gasteiger partial charge < -0.3 is 5.11 Å². The van der Waals surface area contributed by atoms with Crippen LogP contribution >= 0.6 is 11.8 Å². The minimum absolute atomic E-state index is 0.335. The Labute approximate surface area is 104 Å². The lowest BCUT2D eigenvalue weighted by atomic mass is 10.2. The lowest BCUT2D eigenvalue weighted by molar-refractivity contribution is 0.282. The number of rotatable bonds is 10. The summed E-state index contributed by atoms with van der Waals surface area (Å²) in [5.41, 5.74) is 0. The fourth-order valence-electron chi connectivity index (χ4n) is 1.30. The topological polar surface area (TPSA) is 20.2 Å². The Bertz CT molecular complexity index is 219. The van der Waals surface area contributed by atoms with Crippen molar-refractivity contribution < 1.29 is 5.11 Å². The highest BCUT2D eigenvalue weighted by Crippen LogP contribution is 2.19. The van der Waals surface area contributed by atoms with Crippen molar-refractivity contribution in [2.45, 2.75) is 39.0 Å². The molecule has 0 heterocycles. The van der Waals surface area contributed by atoms with Crippen molar-refractivity contribution in [3.8, 4) is 0 Å². The van der Waals surface area contributed by atoms with E-state index >= 15 is 0 Å². The molecule has 0 spiro atoms. The van der Waals surface area contributed by atoms with Gasteiger partial charge in [0.25, 0.3) is 0 Å². The minimum Gasteiger partial charge on any atom is -0.396 e. The molecule has 0 bridgehead atoms. The minimum atomic E-state index is 0.335. The number of hydrogen-bond acceptors (Lipinski definition) is 2. The summed E-state index contributed by atoms with van der Waals surface area (Å²) in [5, 5.41) is 8.63. The molecule has 0 aliphatic carbocycles. The molecule has 0 radical (unpaired) electrons. The normalized spacial score (nSPS) is 12.2. The monoisotopic (exact) mass is 240 g/mol. The Morgan fingerprint density at radius 2 is 1.88 bits per heavy atom. The zero-order valence-corrected chi connectivity index (χ0v) is 11.1. The van der Waals surface area contributed by atoms with E-state index in [0.717, 1.165) is 18.6 Å². The van der Waals surface area contributed by atoms with E-state index in [2.05, 4.69) is 12.7 Å². The molecule has 0 aliphatic heterocycles. The van der Waals surface area contributed by atoms with Crippen LogP contribution in [-0.4, -0.2) is 17.5 Å². The van der Waals surface area contributed by atoms with Gasteiger partial charge in [-0.25, -0.2) is 0 Å². The molecule has 0 atom stereocenters. The molecule has 0 saturated heterocycles. The van der Waals surface area contributed by atoms with Crippen molar-refractivity contribution in [3.05, 3.63) is 35.8 Å². The third-order valence-corrected chi connectivity index (χ3v) is 3.35. The zero-order chi connectivity index (χ0) is 12.1. The summed E-state index contributed by atoms with van der Waals surface area (Å²) >= 11 is 1.87. The average Bonchev–Trinajstić information content (AvgIpc) is 2.32. The molecule has 0 amide bonds. The van der Waals surface area contributed by atoms with Crippen LogP contribution in [0.25, 0.3) is 0 Å². The predicted molar refractivity (Wildman–Crippen MR) is 75.7 cm³/mol. The highest BCUT2D eigenvalue weighted by molar-refractivity contribution is 8.03. The molecule has 1 N–H and O–H groups in total. The zero-order valence-electron chi connectivity index (χ0n) is 10.3. The summed E-state index contributed by atoms with van der Waals surface area (Å²) in [6.07, 6.45) is 13.9. The second-order valence-electron chi connectivity index (χ2n) is 3.64. The Kier molecular flexibility index (Phi) is 12.2. The van der Waals surface area contributed by atoms with Crippen LogP contribution in [0.15, 0.2) is 35.8 Å². The van der Waals surface area contributed by atoms with Gasteiger partial charge in [-0.2, -0.15) is 0 Å². The van der Waals surface area contributed by atoms with Gasteiger partial charge in [0.2, 0.25) is 0 Å². The standard InChI is InChI=1S/C14H24OS/c1-3-5-11-14(4-2)16-13-10-8-6-7-9-12-15/h3-5,11,15H,2,6-10,12-13H2,1H3/b5-3+,14-11+. The molecule has 92 valence electrons. The predicted octanol–water partition coefficient (Wildman–Crippen LogP) is 4.31.